The summed E-state index contributed by atoms with van der Waals surface area (Å²) in [6, 6.07) is 0. The Hall–Kier alpha value is -0.600. The van der Waals surface area contributed by atoms with Gasteiger partial charge in [0, 0.05) is 0 Å². The number of hydrogen-bond donors (Lipinski definition) is 2. The lowest BCUT2D eigenvalue weighted by Gasteiger charge is -1.64. The van der Waals surface area contributed by atoms with E-state index in [-0.39, 0.29) is 12.3 Å². The summed E-state index contributed by atoms with van der Waals surface area (Å²) in [5.74, 6) is 0. The maximum Gasteiger partial charge on any atom is -0.0175 e. The van der Waals surface area contributed by atoms with Gasteiger partial charge in [0.25, 0.3) is 0 Å². The summed E-state index contributed by atoms with van der Waals surface area (Å²) < 4.78 is 0. The SMILES string of the molecule is C=CCC=C.N.N. The van der Waals surface area contributed by atoms with Crippen LogP contribution < -0.4 is 12.3 Å². The van der Waals surface area contributed by atoms with Gasteiger partial charge in [-0.25, -0.2) is 0 Å². The van der Waals surface area contributed by atoms with E-state index in [1.165, 1.54) is 0 Å². The van der Waals surface area contributed by atoms with Crippen LogP contribution >= 0.6 is 0 Å². The maximum atomic E-state index is 3.48. The Balaban J connectivity index is -0.0000000800. The standard InChI is InChI=1S/C5H8.2H3N/c1-3-5-4-2;;/h3-4H,1-2,5H2;2*1H3. The van der Waals surface area contributed by atoms with Crippen LogP contribution in [0.15, 0.2) is 25.3 Å². The molecule has 0 atom stereocenters. The first-order valence-corrected chi connectivity index (χ1v) is 1.63. The average molecular weight is 102 g/mol. The zero-order valence-corrected chi connectivity index (χ0v) is 4.69. The molecule has 0 radical (unpaired) electrons. The lowest BCUT2D eigenvalue weighted by Crippen LogP contribution is -1.43. The van der Waals surface area contributed by atoms with Gasteiger partial charge >= 0.3 is 0 Å². The Kier molecular flexibility index (Phi) is 41.9. The van der Waals surface area contributed by atoms with Crippen LogP contribution in [0.25, 0.3) is 0 Å². The van der Waals surface area contributed by atoms with Crippen molar-refractivity contribution in [3.05, 3.63) is 25.3 Å². The largest absolute Gasteiger partial charge is 0.344 e. The molecule has 0 aliphatic rings. The molecule has 0 heterocycles. The van der Waals surface area contributed by atoms with Crippen LogP contribution in [0.1, 0.15) is 6.42 Å². The molecule has 0 aromatic heterocycles. The minimum Gasteiger partial charge on any atom is -0.344 e. The molecule has 2 nitrogen and oxygen atoms in total. The van der Waals surface area contributed by atoms with Crippen molar-refractivity contribution in [2.45, 2.75) is 6.42 Å². The molecule has 7 heavy (non-hydrogen) atoms. The third-order valence-electron chi connectivity index (χ3n) is 0.333. The highest BCUT2D eigenvalue weighted by molar-refractivity contribution is 4.79. The van der Waals surface area contributed by atoms with E-state index in [4.69, 9.17) is 0 Å². The van der Waals surface area contributed by atoms with Crippen molar-refractivity contribution in [2.75, 3.05) is 0 Å². The van der Waals surface area contributed by atoms with Gasteiger partial charge < -0.3 is 12.3 Å². The highest BCUT2D eigenvalue weighted by Gasteiger charge is 1.52. The first kappa shape index (κ1) is 16.1. The van der Waals surface area contributed by atoms with Crippen LogP contribution in [-0.2, 0) is 0 Å². The van der Waals surface area contributed by atoms with E-state index in [0.717, 1.165) is 6.42 Å². The van der Waals surface area contributed by atoms with Crippen molar-refractivity contribution >= 4 is 0 Å². The molecule has 0 aliphatic carbocycles. The number of hydrogen-bond acceptors (Lipinski definition) is 2. The van der Waals surface area contributed by atoms with E-state index in [1.807, 2.05) is 12.2 Å². The quantitative estimate of drug-likeness (QED) is 0.524. The molecule has 0 fully saturated rings. The minimum atomic E-state index is 0. The van der Waals surface area contributed by atoms with Gasteiger partial charge in [0.15, 0.2) is 0 Å². The van der Waals surface area contributed by atoms with Crippen LogP contribution in [0.3, 0.4) is 0 Å². The third-order valence-corrected chi connectivity index (χ3v) is 0.333. The van der Waals surface area contributed by atoms with Gasteiger partial charge in [0.05, 0.1) is 0 Å². The van der Waals surface area contributed by atoms with Crippen molar-refractivity contribution in [1.82, 2.24) is 12.3 Å². The first-order valence-electron chi connectivity index (χ1n) is 1.63. The lowest BCUT2D eigenvalue weighted by molar-refractivity contribution is 1.42. The number of allylic oxidation sites excluding steroid dienone is 2. The highest BCUT2D eigenvalue weighted by Crippen LogP contribution is 1.73. The van der Waals surface area contributed by atoms with Crippen LogP contribution in [0.4, 0.5) is 0 Å². The van der Waals surface area contributed by atoms with Crippen molar-refractivity contribution in [3.63, 3.8) is 0 Å². The second-order valence-electron chi connectivity index (χ2n) is 0.813. The molecule has 0 amide bonds. The minimum absolute atomic E-state index is 0. The topological polar surface area (TPSA) is 70.0 Å². The molecule has 2 heteroatoms. The average Bonchev–Trinajstić information content (AvgIpc) is 1.41. The summed E-state index contributed by atoms with van der Waals surface area (Å²) in [5.41, 5.74) is 0. The molecular weight excluding hydrogens is 88.1 g/mol. The number of rotatable bonds is 2. The van der Waals surface area contributed by atoms with E-state index in [9.17, 15) is 0 Å². The predicted molar refractivity (Wildman–Crippen MR) is 35.1 cm³/mol. The molecule has 0 aliphatic heterocycles. The van der Waals surface area contributed by atoms with Gasteiger partial charge in [-0.05, 0) is 6.42 Å². The summed E-state index contributed by atoms with van der Waals surface area (Å²) in [6.45, 7) is 6.96. The molecule has 0 saturated carbocycles. The Morgan fingerprint density at radius 3 is 1.29 bits per heavy atom. The Morgan fingerprint density at radius 1 is 1.00 bits per heavy atom. The normalized spacial score (nSPS) is 4.57. The van der Waals surface area contributed by atoms with Gasteiger partial charge in [0.2, 0.25) is 0 Å². The molecule has 0 unspecified atom stereocenters. The molecule has 6 N–H and O–H groups in total. The van der Waals surface area contributed by atoms with E-state index in [2.05, 4.69) is 13.2 Å². The van der Waals surface area contributed by atoms with E-state index < -0.39 is 0 Å². The zero-order valence-electron chi connectivity index (χ0n) is 4.69. The monoisotopic (exact) mass is 102 g/mol. The fourth-order valence-electron chi connectivity index (χ4n) is 0.118. The molecule has 0 bridgehead atoms. The Labute approximate surface area is 45.1 Å². The van der Waals surface area contributed by atoms with Crippen molar-refractivity contribution in [2.24, 2.45) is 0 Å². The summed E-state index contributed by atoms with van der Waals surface area (Å²) in [4.78, 5) is 0. The fourth-order valence-corrected chi connectivity index (χ4v) is 0.118. The molecule has 0 saturated heterocycles. The van der Waals surface area contributed by atoms with Crippen molar-refractivity contribution in [1.29, 1.82) is 0 Å². The second-order valence-corrected chi connectivity index (χ2v) is 0.813. The Morgan fingerprint density at radius 2 is 1.29 bits per heavy atom. The Bertz CT molecular complexity index is 35.3. The summed E-state index contributed by atoms with van der Waals surface area (Å²) in [5, 5.41) is 0. The molecule has 0 aromatic rings. The summed E-state index contributed by atoms with van der Waals surface area (Å²) in [7, 11) is 0. The van der Waals surface area contributed by atoms with E-state index in [0.29, 0.717) is 0 Å². The molecule has 0 rings (SSSR count). The summed E-state index contributed by atoms with van der Waals surface area (Å²) in [6.07, 6.45) is 4.54. The van der Waals surface area contributed by atoms with Crippen LogP contribution in [0, 0.1) is 0 Å². The molecule has 0 spiro atoms. The van der Waals surface area contributed by atoms with Crippen molar-refractivity contribution < 1.29 is 0 Å². The highest BCUT2D eigenvalue weighted by atomic mass is 14.0. The van der Waals surface area contributed by atoms with E-state index >= 15 is 0 Å². The first-order chi connectivity index (χ1) is 2.41. The van der Waals surface area contributed by atoms with Crippen LogP contribution in [0.5, 0.6) is 0 Å². The lowest BCUT2D eigenvalue weighted by atomic mass is 10.4. The summed E-state index contributed by atoms with van der Waals surface area (Å²) >= 11 is 0. The van der Waals surface area contributed by atoms with Gasteiger partial charge in [-0.3, -0.25) is 0 Å². The van der Waals surface area contributed by atoms with Crippen LogP contribution in [-0.4, -0.2) is 0 Å². The fraction of sp³-hybridized carbons (Fsp3) is 0.200. The predicted octanol–water partition coefficient (Wildman–Crippen LogP) is 2.07. The molecule has 0 aromatic carbocycles. The zero-order chi connectivity index (χ0) is 4.12. The third kappa shape index (κ3) is 31.8. The molecule has 44 valence electrons. The van der Waals surface area contributed by atoms with Crippen LogP contribution in [0.2, 0.25) is 0 Å². The molecular formula is C5H14N2. The van der Waals surface area contributed by atoms with Crippen molar-refractivity contribution in [3.8, 4) is 0 Å². The smallest absolute Gasteiger partial charge is 0.0175 e. The van der Waals surface area contributed by atoms with Gasteiger partial charge in [-0.2, -0.15) is 0 Å². The van der Waals surface area contributed by atoms with Gasteiger partial charge in [0.1, 0.15) is 0 Å². The maximum absolute atomic E-state index is 3.48. The second kappa shape index (κ2) is 18.2. The van der Waals surface area contributed by atoms with E-state index in [1.54, 1.807) is 0 Å². The van der Waals surface area contributed by atoms with Gasteiger partial charge in [-0.15, -0.1) is 13.2 Å². The van der Waals surface area contributed by atoms with Gasteiger partial charge in [-0.1, -0.05) is 12.2 Å².